The monoisotopic (exact) mass is 352 g/mol. The highest BCUT2D eigenvalue weighted by molar-refractivity contribution is 7.99. The molecule has 3 rings (SSSR count). The van der Waals surface area contributed by atoms with Crippen LogP contribution in [0.1, 0.15) is 11.1 Å². The molecular formula is C21H20O3S. The van der Waals surface area contributed by atoms with Crippen LogP contribution >= 0.6 is 11.8 Å². The van der Waals surface area contributed by atoms with E-state index in [0.29, 0.717) is 0 Å². The van der Waals surface area contributed by atoms with Gasteiger partial charge in [0.25, 0.3) is 0 Å². The minimum absolute atomic E-state index is 0.130. The van der Waals surface area contributed by atoms with E-state index in [1.54, 1.807) is 26.0 Å². The first-order valence-corrected chi connectivity index (χ1v) is 9.17. The summed E-state index contributed by atoms with van der Waals surface area (Å²) in [7, 11) is 3.29. The van der Waals surface area contributed by atoms with Gasteiger partial charge in [0.05, 0.1) is 14.2 Å². The highest BCUT2D eigenvalue weighted by Crippen LogP contribution is 2.27. The Bertz CT molecular complexity index is 735. The minimum Gasteiger partial charge on any atom is -0.497 e. The molecule has 1 heterocycles. The number of Topliss-reactive ketones (excluding diaryl/α,β-unsaturated/α-hetero) is 1. The lowest BCUT2D eigenvalue weighted by Gasteiger charge is -2.16. The topological polar surface area (TPSA) is 35.5 Å². The van der Waals surface area contributed by atoms with Crippen molar-refractivity contribution in [3.05, 3.63) is 70.8 Å². The lowest BCUT2D eigenvalue weighted by molar-refractivity contribution is -0.112. The zero-order valence-corrected chi connectivity index (χ0v) is 15.1. The van der Waals surface area contributed by atoms with Gasteiger partial charge in [-0.25, -0.2) is 0 Å². The molecule has 2 aromatic carbocycles. The molecular weight excluding hydrogens is 332 g/mol. The van der Waals surface area contributed by atoms with Gasteiger partial charge in [-0.3, -0.25) is 4.79 Å². The summed E-state index contributed by atoms with van der Waals surface area (Å²) in [5.41, 5.74) is 3.69. The molecule has 1 saturated heterocycles. The Kier molecular flexibility index (Phi) is 5.61. The number of thioether (sulfide) groups is 1. The van der Waals surface area contributed by atoms with Crippen molar-refractivity contribution in [1.29, 1.82) is 0 Å². The van der Waals surface area contributed by atoms with Crippen LogP contribution < -0.4 is 9.47 Å². The molecule has 0 spiro atoms. The van der Waals surface area contributed by atoms with E-state index in [2.05, 4.69) is 0 Å². The summed E-state index contributed by atoms with van der Waals surface area (Å²) < 4.78 is 10.3. The van der Waals surface area contributed by atoms with Gasteiger partial charge >= 0.3 is 0 Å². The Morgan fingerprint density at radius 1 is 0.760 bits per heavy atom. The quantitative estimate of drug-likeness (QED) is 0.760. The van der Waals surface area contributed by atoms with Crippen LogP contribution in [-0.2, 0) is 4.79 Å². The van der Waals surface area contributed by atoms with Gasteiger partial charge in [0.2, 0.25) is 0 Å². The van der Waals surface area contributed by atoms with Crippen LogP contribution in [-0.4, -0.2) is 31.5 Å². The van der Waals surface area contributed by atoms with E-state index in [9.17, 15) is 4.79 Å². The molecule has 4 heteroatoms. The number of ether oxygens (including phenoxy) is 2. The third kappa shape index (κ3) is 4.34. The predicted octanol–water partition coefficient (Wildman–Crippen LogP) is 4.49. The summed E-state index contributed by atoms with van der Waals surface area (Å²) in [5, 5.41) is 0. The van der Waals surface area contributed by atoms with E-state index in [1.807, 2.05) is 60.7 Å². The second-order valence-electron chi connectivity index (χ2n) is 5.71. The molecule has 0 atom stereocenters. The lowest BCUT2D eigenvalue weighted by atomic mass is 10.0. The van der Waals surface area contributed by atoms with Crippen LogP contribution in [0, 0.1) is 0 Å². The van der Waals surface area contributed by atoms with E-state index in [1.165, 1.54) is 0 Å². The Hall–Kier alpha value is -2.46. The molecule has 3 nitrogen and oxygen atoms in total. The fraction of sp³-hybridized carbons (Fsp3) is 0.190. The lowest BCUT2D eigenvalue weighted by Crippen LogP contribution is -2.16. The average Bonchev–Trinajstić information content (AvgIpc) is 2.66. The number of rotatable bonds is 4. The van der Waals surface area contributed by atoms with Crippen LogP contribution in [0.15, 0.2) is 59.7 Å². The number of carbonyl (C=O) groups excluding carboxylic acids is 1. The Labute approximate surface area is 152 Å². The first-order chi connectivity index (χ1) is 12.2. The van der Waals surface area contributed by atoms with Crippen LogP contribution in [0.5, 0.6) is 11.5 Å². The van der Waals surface area contributed by atoms with Crippen molar-refractivity contribution in [1.82, 2.24) is 0 Å². The maximum atomic E-state index is 12.8. The first kappa shape index (κ1) is 17.4. The van der Waals surface area contributed by atoms with Crippen LogP contribution in [0.25, 0.3) is 12.2 Å². The molecule has 0 N–H and O–H groups in total. The molecule has 0 saturated carbocycles. The van der Waals surface area contributed by atoms with Gasteiger partial charge in [0.1, 0.15) is 11.5 Å². The van der Waals surface area contributed by atoms with Gasteiger partial charge in [0, 0.05) is 22.7 Å². The van der Waals surface area contributed by atoms with Gasteiger partial charge in [-0.15, -0.1) is 0 Å². The van der Waals surface area contributed by atoms with Crippen molar-refractivity contribution in [2.75, 3.05) is 25.7 Å². The fourth-order valence-electron chi connectivity index (χ4n) is 2.63. The molecule has 0 bridgehead atoms. The second-order valence-corrected chi connectivity index (χ2v) is 6.69. The molecule has 1 aliphatic rings. The maximum Gasteiger partial charge on any atom is 0.186 e. The molecule has 0 aliphatic carbocycles. The number of ketones is 1. The average molecular weight is 352 g/mol. The zero-order valence-electron chi connectivity index (χ0n) is 14.3. The smallest absolute Gasteiger partial charge is 0.186 e. The molecule has 25 heavy (non-hydrogen) atoms. The van der Waals surface area contributed by atoms with Crippen LogP contribution in [0.4, 0.5) is 0 Å². The summed E-state index contributed by atoms with van der Waals surface area (Å²) in [6.45, 7) is 0. The summed E-state index contributed by atoms with van der Waals surface area (Å²) in [4.78, 5) is 12.8. The Morgan fingerprint density at radius 2 is 1.16 bits per heavy atom. The van der Waals surface area contributed by atoms with Gasteiger partial charge in [0.15, 0.2) is 5.78 Å². The standard InChI is InChI=1S/C21H20O3S/c1-23-19-7-3-15(4-8-19)11-17-13-25-14-18(21(17)22)12-16-5-9-20(24-2)10-6-16/h3-12H,13-14H2,1-2H3/b17-11-,18-12-. The minimum atomic E-state index is 0.130. The van der Waals surface area contributed by atoms with Crippen molar-refractivity contribution in [2.45, 2.75) is 0 Å². The fourth-order valence-corrected chi connectivity index (χ4v) is 3.60. The molecule has 0 aromatic heterocycles. The molecule has 2 aromatic rings. The molecule has 0 amide bonds. The van der Waals surface area contributed by atoms with E-state index in [0.717, 1.165) is 45.3 Å². The second kappa shape index (κ2) is 8.08. The summed E-state index contributed by atoms with van der Waals surface area (Å²) in [6, 6.07) is 15.5. The molecule has 128 valence electrons. The SMILES string of the molecule is COc1ccc(/C=C2/CSC/C(=C/c3ccc(OC)cc3)C2=O)cc1. The number of carbonyl (C=O) groups is 1. The third-order valence-corrected chi connectivity index (χ3v) is 5.04. The predicted molar refractivity (Wildman–Crippen MR) is 104 cm³/mol. The number of benzene rings is 2. The molecule has 0 unspecified atom stereocenters. The van der Waals surface area contributed by atoms with Gasteiger partial charge in [-0.1, -0.05) is 24.3 Å². The normalized spacial score (nSPS) is 17.8. The van der Waals surface area contributed by atoms with Gasteiger partial charge in [-0.05, 0) is 47.5 Å². The Balaban J connectivity index is 1.81. The highest BCUT2D eigenvalue weighted by atomic mass is 32.2. The van der Waals surface area contributed by atoms with E-state index in [4.69, 9.17) is 9.47 Å². The number of methoxy groups -OCH3 is 2. The summed E-state index contributed by atoms with van der Waals surface area (Å²) in [6.07, 6.45) is 3.94. The molecule has 1 fully saturated rings. The Morgan fingerprint density at radius 3 is 1.52 bits per heavy atom. The summed E-state index contributed by atoms with van der Waals surface area (Å²) in [5.74, 6) is 3.24. The molecule has 0 radical (unpaired) electrons. The largest absolute Gasteiger partial charge is 0.497 e. The van der Waals surface area contributed by atoms with Crippen molar-refractivity contribution in [3.63, 3.8) is 0 Å². The first-order valence-electron chi connectivity index (χ1n) is 8.01. The van der Waals surface area contributed by atoms with Crippen LogP contribution in [0.3, 0.4) is 0 Å². The van der Waals surface area contributed by atoms with Gasteiger partial charge < -0.3 is 9.47 Å². The van der Waals surface area contributed by atoms with E-state index >= 15 is 0 Å². The van der Waals surface area contributed by atoms with E-state index < -0.39 is 0 Å². The summed E-state index contributed by atoms with van der Waals surface area (Å²) >= 11 is 1.76. The van der Waals surface area contributed by atoms with Crippen molar-refractivity contribution >= 4 is 29.7 Å². The van der Waals surface area contributed by atoms with Crippen molar-refractivity contribution in [2.24, 2.45) is 0 Å². The van der Waals surface area contributed by atoms with Crippen LogP contribution in [0.2, 0.25) is 0 Å². The van der Waals surface area contributed by atoms with E-state index in [-0.39, 0.29) is 5.78 Å². The maximum absolute atomic E-state index is 12.8. The number of hydrogen-bond donors (Lipinski definition) is 0. The van der Waals surface area contributed by atoms with Gasteiger partial charge in [-0.2, -0.15) is 11.8 Å². The highest BCUT2D eigenvalue weighted by Gasteiger charge is 2.20. The third-order valence-electron chi connectivity index (χ3n) is 4.01. The number of hydrogen-bond acceptors (Lipinski definition) is 4. The van der Waals surface area contributed by atoms with Crippen molar-refractivity contribution < 1.29 is 14.3 Å². The zero-order chi connectivity index (χ0) is 17.6. The van der Waals surface area contributed by atoms with Crippen molar-refractivity contribution in [3.8, 4) is 11.5 Å². The molecule has 1 aliphatic heterocycles.